The van der Waals surface area contributed by atoms with Gasteiger partial charge in [0, 0.05) is 50.5 Å². The van der Waals surface area contributed by atoms with Gasteiger partial charge in [-0.3, -0.25) is 4.79 Å². The maximum Gasteiger partial charge on any atom is 0.243 e. The molecule has 2 aliphatic rings. The first kappa shape index (κ1) is 21.3. The van der Waals surface area contributed by atoms with Crippen molar-refractivity contribution >= 4 is 27.3 Å². The number of nitriles is 1. The largest absolute Gasteiger partial charge is 0.370 e. The van der Waals surface area contributed by atoms with E-state index in [1.165, 1.54) is 0 Å². The van der Waals surface area contributed by atoms with Gasteiger partial charge in [0.25, 0.3) is 0 Å². The Morgan fingerprint density at radius 3 is 2.29 bits per heavy atom. The van der Waals surface area contributed by atoms with Gasteiger partial charge >= 0.3 is 0 Å². The first-order valence-electron chi connectivity index (χ1n) is 10.6. The van der Waals surface area contributed by atoms with Crippen LogP contribution in [0.5, 0.6) is 0 Å². The summed E-state index contributed by atoms with van der Waals surface area (Å²) >= 11 is 0. The summed E-state index contributed by atoms with van der Waals surface area (Å²) in [5.41, 5.74) is 3.03. The van der Waals surface area contributed by atoms with Crippen molar-refractivity contribution in [1.29, 1.82) is 5.26 Å². The molecule has 0 bridgehead atoms. The monoisotopic (exact) mass is 438 g/mol. The molecule has 0 atom stereocenters. The van der Waals surface area contributed by atoms with Crippen LogP contribution in [-0.4, -0.2) is 51.4 Å². The minimum absolute atomic E-state index is 0.0884. The fourth-order valence-electron chi connectivity index (χ4n) is 4.29. The first-order chi connectivity index (χ1) is 14.9. The molecule has 2 saturated heterocycles. The Hall–Kier alpha value is -2.89. The highest BCUT2D eigenvalue weighted by Gasteiger charge is 2.29. The van der Waals surface area contributed by atoms with E-state index in [0.717, 1.165) is 30.8 Å². The minimum Gasteiger partial charge on any atom is -0.370 e. The average Bonchev–Trinajstić information content (AvgIpc) is 3.04. The standard InChI is InChI=1S/C23H26N4O3S/c1-18-16-21(27-13-2-4-23(27)28)9-10-22(18)31(29,30)26-12-3-11-25(14-15-26)20-7-5-19(17-24)6-8-20/h5-10,16H,2-4,11-15H2,1H3. The van der Waals surface area contributed by atoms with Gasteiger partial charge in [-0.25, -0.2) is 8.42 Å². The molecule has 2 fully saturated rings. The summed E-state index contributed by atoms with van der Waals surface area (Å²) in [6.07, 6.45) is 2.10. The number of nitrogens with zero attached hydrogens (tertiary/aromatic N) is 4. The maximum absolute atomic E-state index is 13.4. The molecule has 2 heterocycles. The third-order valence-corrected chi connectivity index (χ3v) is 8.04. The van der Waals surface area contributed by atoms with Gasteiger partial charge in [0.2, 0.25) is 15.9 Å². The van der Waals surface area contributed by atoms with E-state index in [4.69, 9.17) is 5.26 Å². The van der Waals surface area contributed by atoms with Crippen molar-refractivity contribution in [1.82, 2.24) is 4.31 Å². The predicted octanol–water partition coefficient (Wildman–Crippen LogP) is 2.89. The lowest BCUT2D eigenvalue weighted by Crippen LogP contribution is -2.35. The highest BCUT2D eigenvalue weighted by Crippen LogP contribution is 2.28. The Kier molecular flexibility index (Phi) is 5.99. The van der Waals surface area contributed by atoms with Gasteiger partial charge < -0.3 is 9.80 Å². The number of benzene rings is 2. The first-order valence-corrected chi connectivity index (χ1v) is 12.0. The molecule has 162 valence electrons. The Bertz CT molecular complexity index is 1120. The quantitative estimate of drug-likeness (QED) is 0.733. The number of carbonyl (C=O) groups excluding carboxylic acids is 1. The fraction of sp³-hybridized carbons (Fsp3) is 0.391. The van der Waals surface area contributed by atoms with Crippen molar-refractivity contribution in [3.05, 3.63) is 53.6 Å². The Morgan fingerprint density at radius 1 is 0.903 bits per heavy atom. The number of anilines is 2. The van der Waals surface area contributed by atoms with Crippen LogP contribution < -0.4 is 9.80 Å². The zero-order chi connectivity index (χ0) is 22.0. The molecule has 0 aromatic heterocycles. The summed E-state index contributed by atoms with van der Waals surface area (Å²) in [7, 11) is -3.63. The van der Waals surface area contributed by atoms with Gasteiger partial charge in [0.15, 0.2) is 0 Å². The summed E-state index contributed by atoms with van der Waals surface area (Å²) < 4.78 is 28.3. The molecular weight excluding hydrogens is 412 g/mol. The van der Waals surface area contributed by atoms with Crippen LogP contribution in [0.15, 0.2) is 47.4 Å². The maximum atomic E-state index is 13.4. The molecule has 31 heavy (non-hydrogen) atoms. The molecule has 0 saturated carbocycles. The summed E-state index contributed by atoms with van der Waals surface area (Å²) in [6.45, 7) is 4.67. The molecule has 0 radical (unpaired) electrons. The SMILES string of the molecule is Cc1cc(N2CCCC2=O)ccc1S(=O)(=O)N1CCCN(c2ccc(C#N)cc2)CC1. The van der Waals surface area contributed by atoms with Crippen molar-refractivity contribution in [3.63, 3.8) is 0 Å². The van der Waals surface area contributed by atoms with Gasteiger partial charge in [0.1, 0.15) is 0 Å². The van der Waals surface area contributed by atoms with Crippen LogP contribution >= 0.6 is 0 Å². The van der Waals surface area contributed by atoms with Crippen molar-refractivity contribution in [3.8, 4) is 6.07 Å². The van der Waals surface area contributed by atoms with Crippen LogP contribution in [0.2, 0.25) is 0 Å². The van der Waals surface area contributed by atoms with Crippen molar-refractivity contribution < 1.29 is 13.2 Å². The molecule has 0 aliphatic carbocycles. The van der Waals surface area contributed by atoms with Gasteiger partial charge in [0.05, 0.1) is 16.5 Å². The van der Waals surface area contributed by atoms with E-state index in [0.29, 0.717) is 48.6 Å². The van der Waals surface area contributed by atoms with E-state index in [1.54, 1.807) is 46.5 Å². The molecule has 0 N–H and O–H groups in total. The Balaban J connectivity index is 1.51. The number of aryl methyl sites for hydroxylation is 1. The molecule has 2 aliphatic heterocycles. The number of hydrogen-bond acceptors (Lipinski definition) is 5. The molecule has 1 amide bonds. The van der Waals surface area contributed by atoms with Crippen LogP contribution in [0, 0.1) is 18.3 Å². The van der Waals surface area contributed by atoms with Gasteiger partial charge in [-0.05, 0) is 67.8 Å². The smallest absolute Gasteiger partial charge is 0.243 e. The molecule has 7 nitrogen and oxygen atoms in total. The predicted molar refractivity (Wildman–Crippen MR) is 120 cm³/mol. The second-order valence-corrected chi connectivity index (χ2v) is 9.91. The van der Waals surface area contributed by atoms with Gasteiger partial charge in [-0.15, -0.1) is 0 Å². The second-order valence-electron chi connectivity index (χ2n) is 8.00. The summed E-state index contributed by atoms with van der Waals surface area (Å²) in [5, 5.41) is 8.97. The van der Waals surface area contributed by atoms with Crippen LogP contribution in [-0.2, 0) is 14.8 Å². The van der Waals surface area contributed by atoms with E-state index in [2.05, 4.69) is 11.0 Å². The van der Waals surface area contributed by atoms with Crippen LogP contribution in [0.25, 0.3) is 0 Å². The number of rotatable bonds is 4. The molecule has 2 aromatic rings. The normalized spacial score (nSPS) is 18.1. The second kappa shape index (κ2) is 8.69. The van der Waals surface area contributed by atoms with Gasteiger partial charge in [-0.2, -0.15) is 9.57 Å². The van der Waals surface area contributed by atoms with Gasteiger partial charge in [-0.1, -0.05) is 0 Å². The highest BCUT2D eigenvalue weighted by molar-refractivity contribution is 7.89. The molecule has 4 rings (SSSR count). The molecule has 2 aromatic carbocycles. The highest BCUT2D eigenvalue weighted by atomic mass is 32.2. The number of hydrogen-bond donors (Lipinski definition) is 0. The van der Waals surface area contributed by atoms with E-state index >= 15 is 0 Å². The van der Waals surface area contributed by atoms with E-state index in [1.807, 2.05) is 12.1 Å². The van der Waals surface area contributed by atoms with E-state index in [-0.39, 0.29) is 5.91 Å². The zero-order valence-corrected chi connectivity index (χ0v) is 18.4. The third kappa shape index (κ3) is 4.29. The number of sulfonamides is 1. The number of amides is 1. The molecule has 0 unspecified atom stereocenters. The lowest BCUT2D eigenvalue weighted by molar-refractivity contribution is -0.117. The van der Waals surface area contributed by atoms with Crippen molar-refractivity contribution in [2.75, 3.05) is 42.5 Å². The molecule has 8 heteroatoms. The molecule has 0 spiro atoms. The minimum atomic E-state index is -3.63. The van der Waals surface area contributed by atoms with Crippen LogP contribution in [0.4, 0.5) is 11.4 Å². The third-order valence-electron chi connectivity index (χ3n) is 5.98. The van der Waals surface area contributed by atoms with E-state index < -0.39 is 10.0 Å². The fourth-order valence-corrected chi connectivity index (χ4v) is 5.97. The lowest BCUT2D eigenvalue weighted by Gasteiger charge is -2.24. The topological polar surface area (TPSA) is 84.7 Å². The summed E-state index contributed by atoms with van der Waals surface area (Å²) in [5.74, 6) is 0.0884. The summed E-state index contributed by atoms with van der Waals surface area (Å²) in [6, 6.07) is 14.7. The number of carbonyl (C=O) groups is 1. The van der Waals surface area contributed by atoms with Crippen LogP contribution in [0.1, 0.15) is 30.4 Å². The van der Waals surface area contributed by atoms with Crippen molar-refractivity contribution in [2.45, 2.75) is 31.1 Å². The summed E-state index contributed by atoms with van der Waals surface area (Å²) in [4.78, 5) is 16.2. The molecular formula is C23H26N4O3S. The lowest BCUT2D eigenvalue weighted by atomic mass is 10.2. The van der Waals surface area contributed by atoms with Crippen molar-refractivity contribution in [2.24, 2.45) is 0 Å². The zero-order valence-electron chi connectivity index (χ0n) is 17.6. The van der Waals surface area contributed by atoms with E-state index in [9.17, 15) is 13.2 Å². The van der Waals surface area contributed by atoms with Crippen LogP contribution in [0.3, 0.4) is 0 Å². The Labute approximate surface area is 183 Å². The Morgan fingerprint density at radius 2 is 1.65 bits per heavy atom. The average molecular weight is 439 g/mol.